The summed E-state index contributed by atoms with van der Waals surface area (Å²) in [4.78, 5) is 26.8. The maximum absolute atomic E-state index is 13.8. The average molecular weight is 356 g/mol. The smallest absolute Gasteiger partial charge is 0.247 e. The highest BCUT2D eigenvalue weighted by atomic mass is 19.1. The van der Waals surface area contributed by atoms with Gasteiger partial charge in [0.15, 0.2) is 11.6 Å². The maximum Gasteiger partial charge on any atom is 0.247 e. The number of carbonyl (C=O) groups excluding carboxylic acids is 2. The molecular weight excluding hydrogens is 335 g/mol. The second-order valence-corrected chi connectivity index (χ2v) is 6.25. The molecule has 2 amide bonds. The van der Waals surface area contributed by atoms with E-state index >= 15 is 0 Å². The molecule has 2 aromatic rings. The van der Waals surface area contributed by atoms with Crippen molar-refractivity contribution in [2.45, 2.75) is 25.3 Å². The second-order valence-electron chi connectivity index (χ2n) is 6.25. The number of para-hydroxylation sites is 1. The number of rotatable bonds is 5. The fraction of sp³-hybridized carbons (Fsp3) is 0.300. The van der Waals surface area contributed by atoms with E-state index in [-0.39, 0.29) is 24.0 Å². The van der Waals surface area contributed by atoms with Gasteiger partial charge in [0.05, 0.1) is 13.5 Å². The molecule has 0 bridgehead atoms. The van der Waals surface area contributed by atoms with Crippen LogP contribution in [0.1, 0.15) is 18.4 Å². The molecule has 1 heterocycles. The Morgan fingerprint density at radius 3 is 2.69 bits per heavy atom. The number of ether oxygens (including phenoxy) is 1. The van der Waals surface area contributed by atoms with Gasteiger partial charge in [-0.05, 0) is 42.7 Å². The van der Waals surface area contributed by atoms with Gasteiger partial charge in [-0.2, -0.15) is 0 Å². The van der Waals surface area contributed by atoms with Crippen LogP contribution in [0.4, 0.5) is 10.1 Å². The summed E-state index contributed by atoms with van der Waals surface area (Å²) < 4.78 is 18.7. The predicted octanol–water partition coefficient (Wildman–Crippen LogP) is 3.01. The quantitative estimate of drug-likeness (QED) is 0.896. The fourth-order valence-electron chi connectivity index (χ4n) is 3.18. The summed E-state index contributed by atoms with van der Waals surface area (Å²) in [5, 5.41) is 2.85. The highest BCUT2D eigenvalue weighted by molar-refractivity contribution is 5.97. The van der Waals surface area contributed by atoms with Gasteiger partial charge in [-0.25, -0.2) is 4.39 Å². The zero-order valence-corrected chi connectivity index (χ0v) is 14.6. The summed E-state index contributed by atoms with van der Waals surface area (Å²) in [5.74, 6) is -0.733. The molecule has 0 saturated carbocycles. The van der Waals surface area contributed by atoms with Crippen LogP contribution in [0.15, 0.2) is 48.5 Å². The number of carbonyl (C=O) groups is 2. The highest BCUT2D eigenvalue weighted by Crippen LogP contribution is 2.22. The lowest BCUT2D eigenvalue weighted by atomic mass is 10.1. The monoisotopic (exact) mass is 356 g/mol. The van der Waals surface area contributed by atoms with Crippen molar-refractivity contribution in [3.8, 4) is 5.75 Å². The minimum absolute atomic E-state index is 0.0516. The number of nitrogens with zero attached hydrogens (tertiary/aromatic N) is 1. The van der Waals surface area contributed by atoms with E-state index in [9.17, 15) is 14.0 Å². The van der Waals surface area contributed by atoms with Gasteiger partial charge in [0.2, 0.25) is 11.8 Å². The number of amides is 2. The lowest BCUT2D eigenvalue weighted by Gasteiger charge is -2.24. The number of hydrogen-bond acceptors (Lipinski definition) is 3. The molecule has 136 valence electrons. The van der Waals surface area contributed by atoms with Gasteiger partial charge < -0.3 is 15.0 Å². The fourth-order valence-corrected chi connectivity index (χ4v) is 3.18. The van der Waals surface area contributed by atoms with E-state index in [0.29, 0.717) is 24.2 Å². The van der Waals surface area contributed by atoms with Crippen LogP contribution in [0.3, 0.4) is 0 Å². The highest BCUT2D eigenvalue weighted by Gasteiger charge is 2.34. The molecule has 2 aromatic carbocycles. The SMILES string of the molecule is COc1ccc(CC(=O)N2CCC[C@@H]2C(=O)Nc2ccccc2)cc1F. The normalized spacial score (nSPS) is 16.4. The molecule has 0 radical (unpaired) electrons. The van der Waals surface area contributed by atoms with E-state index in [0.717, 1.165) is 6.42 Å². The molecule has 1 aliphatic heterocycles. The number of nitrogens with one attached hydrogen (secondary N) is 1. The Morgan fingerprint density at radius 1 is 1.23 bits per heavy atom. The summed E-state index contributed by atoms with van der Waals surface area (Å²) in [5.41, 5.74) is 1.26. The van der Waals surface area contributed by atoms with Gasteiger partial charge >= 0.3 is 0 Å². The first-order valence-corrected chi connectivity index (χ1v) is 8.56. The van der Waals surface area contributed by atoms with Crippen LogP contribution < -0.4 is 10.1 Å². The van der Waals surface area contributed by atoms with Crippen LogP contribution in [0, 0.1) is 5.82 Å². The van der Waals surface area contributed by atoms with Crippen molar-refractivity contribution in [3.05, 3.63) is 59.9 Å². The number of hydrogen-bond donors (Lipinski definition) is 1. The largest absolute Gasteiger partial charge is 0.494 e. The molecular formula is C20H21FN2O3. The van der Waals surface area contributed by atoms with E-state index in [4.69, 9.17) is 4.74 Å². The zero-order valence-electron chi connectivity index (χ0n) is 14.6. The van der Waals surface area contributed by atoms with Gasteiger partial charge in [-0.1, -0.05) is 24.3 Å². The molecule has 0 aromatic heterocycles. The zero-order chi connectivity index (χ0) is 18.5. The summed E-state index contributed by atoms with van der Waals surface area (Å²) in [6.07, 6.45) is 1.45. The Labute approximate surface area is 151 Å². The number of anilines is 1. The lowest BCUT2D eigenvalue weighted by Crippen LogP contribution is -2.43. The summed E-state index contributed by atoms with van der Waals surface area (Å²) in [6, 6.07) is 13.1. The van der Waals surface area contributed by atoms with E-state index < -0.39 is 11.9 Å². The van der Waals surface area contributed by atoms with E-state index in [2.05, 4.69) is 5.32 Å². The van der Waals surface area contributed by atoms with Crippen molar-refractivity contribution >= 4 is 17.5 Å². The molecule has 1 saturated heterocycles. The molecule has 26 heavy (non-hydrogen) atoms. The van der Waals surface area contributed by atoms with E-state index in [1.54, 1.807) is 23.1 Å². The lowest BCUT2D eigenvalue weighted by molar-refractivity contribution is -0.136. The van der Waals surface area contributed by atoms with Crippen molar-refractivity contribution in [1.29, 1.82) is 0 Å². The Kier molecular flexibility index (Phi) is 5.51. The number of methoxy groups -OCH3 is 1. The van der Waals surface area contributed by atoms with Crippen molar-refractivity contribution in [1.82, 2.24) is 4.90 Å². The standard InChI is InChI=1S/C20H21FN2O3/c1-26-18-10-9-14(12-16(18)21)13-19(24)23-11-5-8-17(23)20(25)22-15-6-3-2-4-7-15/h2-4,6-7,9-10,12,17H,5,8,11,13H2,1H3,(H,22,25)/t17-/m1/s1. The van der Waals surface area contributed by atoms with Crippen LogP contribution in [0.2, 0.25) is 0 Å². The Balaban J connectivity index is 1.66. The summed E-state index contributed by atoms with van der Waals surface area (Å²) >= 11 is 0. The van der Waals surface area contributed by atoms with Crippen LogP contribution in [-0.2, 0) is 16.0 Å². The maximum atomic E-state index is 13.8. The molecule has 3 rings (SSSR count). The number of likely N-dealkylation sites (tertiary alicyclic amines) is 1. The van der Waals surface area contributed by atoms with Gasteiger partial charge in [0.1, 0.15) is 6.04 Å². The summed E-state index contributed by atoms with van der Waals surface area (Å²) in [7, 11) is 1.39. The predicted molar refractivity (Wildman–Crippen MR) is 96.5 cm³/mol. The van der Waals surface area contributed by atoms with Gasteiger partial charge in [-0.15, -0.1) is 0 Å². The summed E-state index contributed by atoms with van der Waals surface area (Å²) in [6.45, 7) is 0.532. The first kappa shape index (κ1) is 17.9. The third kappa shape index (κ3) is 4.02. The van der Waals surface area contributed by atoms with Crippen LogP contribution in [0.5, 0.6) is 5.75 Å². The Bertz CT molecular complexity index is 795. The van der Waals surface area contributed by atoms with E-state index in [1.165, 1.54) is 19.2 Å². The third-order valence-electron chi connectivity index (χ3n) is 4.49. The van der Waals surface area contributed by atoms with Crippen LogP contribution in [-0.4, -0.2) is 36.4 Å². The minimum Gasteiger partial charge on any atom is -0.494 e. The second kappa shape index (κ2) is 7.99. The molecule has 0 aliphatic carbocycles. The van der Waals surface area contributed by atoms with Gasteiger partial charge in [0.25, 0.3) is 0 Å². The molecule has 6 heteroatoms. The third-order valence-corrected chi connectivity index (χ3v) is 4.49. The molecule has 1 fully saturated rings. The first-order chi connectivity index (χ1) is 12.6. The Hall–Kier alpha value is -2.89. The molecule has 1 N–H and O–H groups in total. The van der Waals surface area contributed by atoms with Gasteiger partial charge in [0, 0.05) is 12.2 Å². The topological polar surface area (TPSA) is 58.6 Å². The van der Waals surface area contributed by atoms with Crippen molar-refractivity contribution in [2.75, 3.05) is 19.0 Å². The van der Waals surface area contributed by atoms with Crippen molar-refractivity contribution < 1.29 is 18.7 Å². The minimum atomic E-state index is -0.502. The number of benzene rings is 2. The van der Waals surface area contributed by atoms with Crippen molar-refractivity contribution in [3.63, 3.8) is 0 Å². The first-order valence-electron chi connectivity index (χ1n) is 8.56. The van der Waals surface area contributed by atoms with Crippen LogP contribution >= 0.6 is 0 Å². The molecule has 5 nitrogen and oxygen atoms in total. The van der Waals surface area contributed by atoms with Crippen molar-refractivity contribution in [2.24, 2.45) is 0 Å². The average Bonchev–Trinajstić information content (AvgIpc) is 3.13. The Morgan fingerprint density at radius 2 is 2.00 bits per heavy atom. The van der Waals surface area contributed by atoms with E-state index in [1.807, 2.05) is 18.2 Å². The number of halogens is 1. The molecule has 1 atom stereocenters. The van der Waals surface area contributed by atoms with Gasteiger partial charge in [-0.3, -0.25) is 9.59 Å². The molecule has 0 unspecified atom stereocenters. The van der Waals surface area contributed by atoms with Crippen LogP contribution in [0.25, 0.3) is 0 Å². The molecule has 0 spiro atoms. The molecule has 1 aliphatic rings.